The van der Waals surface area contributed by atoms with Gasteiger partial charge >= 0.3 is 23.9 Å². The molecule has 0 aliphatic heterocycles. The predicted molar refractivity (Wildman–Crippen MR) is 260 cm³/mol. The van der Waals surface area contributed by atoms with Gasteiger partial charge in [0.2, 0.25) is 5.60 Å². The van der Waals surface area contributed by atoms with Crippen LogP contribution < -0.4 is 4.74 Å². The van der Waals surface area contributed by atoms with Gasteiger partial charge in [-0.15, -0.1) is 0 Å². The monoisotopic (exact) mass is 952 g/mol. The number of halogens is 3. The molecule has 12 heteroatoms. The number of hydrogen-bond donors (Lipinski definition) is 2. The quantitative estimate of drug-likeness (QED) is 0.0496. The van der Waals surface area contributed by atoms with E-state index in [9.17, 15) is 29.4 Å². The lowest BCUT2D eigenvalue weighted by Gasteiger charge is -2.40. The average molecular weight is 955 g/mol. The average Bonchev–Trinajstić information content (AvgIpc) is 3.25. The number of aliphatic carboxylic acids is 2. The van der Waals surface area contributed by atoms with Crippen LogP contribution in [-0.2, 0) is 28.7 Å². The number of carbonyl (C=O) groups is 4. The molecule has 2 rings (SSSR count). The second-order valence-corrected chi connectivity index (χ2v) is 18.9. The molecule has 0 fully saturated rings. The number of carboxylic acids is 2. The van der Waals surface area contributed by atoms with Crippen molar-refractivity contribution in [2.75, 3.05) is 6.61 Å². The van der Waals surface area contributed by atoms with Gasteiger partial charge in [-0.2, -0.15) is 0 Å². The number of carboxylic acid groups (broad SMARTS) is 2. The van der Waals surface area contributed by atoms with E-state index in [1.807, 2.05) is 0 Å². The normalized spacial score (nSPS) is 13.2. The van der Waals surface area contributed by atoms with Crippen LogP contribution in [0.1, 0.15) is 218 Å². The third-order valence-corrected chi connectivity index (χ3v) is 12.9. The number of esters is 2. The Morgan fingerprint density at radius 1 is 0.562 bits per heavy atom. The molecule has 0 saturated heterocycles. The van der Waals surface area contributed by atoms with Crippen LogP contribution in [0, 0.1) is 5.92 Å². The van der Waals surface area contributed by atoms with E-state index in [0.29, 0.717) is 17.9 Å². The summed E-state index contributed by atoms with van der Waals surface area (Å²) in [5.41, 5.74) is -2.46. The van der Waals surface area contributed by atoms with E-state index in [0.717, 1.165) is 44.9 Å². The van der Waals surface area contributed by atoms with Crippen molar-refractivity contribution in [1.29, 1.82) is 0 Å². The molecule has 0 amide bonds. The largest absolute Gasteiger partial charge is 0.481 e. The van der Waals surface area contributed by atoms with Crippen LogP contribution in [0.4, 0.5) is 0 Å². The highest BCUT2D eigenvalue weighted by molar-refractivity contribution is 6.35. The molecule has 0 heterocycles. The Labute approximate surface area is 400 Å². The van der Waals surface area contributed by atoms with E-state index < -0.39 is 54.3 Å². The Kier molecular flexibility index (Phi) is 30.6. The standard InChI is InChI=1S/C52H79Cl3O9/c1-4-6-8-10-12-14-16-18-20-22-24-26-28-30-49(58)62-39-40(3)52(51(60)61,64-50(59)31-29-27-25-23-21-19-17-15-13-11-9-7-5-2)44(38-48(56)57)43-36-41(53)32-34-46(43)63-47-35-33-42(54)37-45(47)55/h32-37,40,44H,4-31,38-39H2,1-3H3,(H,56,57)(H,60,61). The SMILES string of the molecule is CCCCCCCCCCCCCCCC(=O)OCC(C)C(OC(=O)CCCCCCCCCCCCCCC)(C(=O)O)C(CC(=O)O)c1cc(Cl)ccc1Oc1ccc(Cl)cc1Cl. The maximum atomic E-state index is 13.8. The smallest absolute Gasteiger partial charge is 0.349 e. The molecule has 64 heavy (non-hydrogen) atoms. The summed E-state index contributed by atoms with van der Waals surface area (Å²) in [6.45, 7) is 5.51. The topological polar surface area (TPSA) is 136 Å². The van der Waals surface area contributed by atoms with Gasteiger partial charge in [0.1, 0.15) is 11.5 Å². The minimum Gasteiger partial charge on any atom is -0.481 e. The Bertz CT molecular complexity index is 1640. The van der Waals surface area contributed by atoms with E-state index >= 15 is 0 Å². The van der Waals surface area contributed by atoms with Crippen LogP contribution in [0.2, 0.25) is 15.1 Å². The van der Waals surface area contributed by atoms with Gasteiger partial charge in [-0.05, 0) is 49.2 Å². The van der Waals surface area contributed by atoms with Crippen LogP contribution in [-0.4, -0.2) is 46.3 Å². The van der Waals surface area contributed by atoms with Gasteiger partial charge in [-0.3, -0.25) is 14.4 Å². The lowest BCUT2D eigenvalue weighted by Crippen LogP contribution is -2.55. The minimum absolute atomic E-state index is 0.0460. The molecule has 2 aromatic carbocycles. The van der Waals surface area contributed by atoms with Crippen molar-refractivity contribution in [2.24, 2.45) is 5.92 Å². The van der Waals surface area contributed by atoms with Gasteiger partial charge in [-0.1, -0.05) is 210 Å². The molecule has 0 radical (unpaired) electrons. The first kappa shape index (κ1) is 57.1. The molecule has 0 bridgehead atoms. The summed E-state index contributed by atoms with van der Waals surface area (Å²) in [7, 11) is 0. The van der Waals surface area contributed by atoms with E-state index in [1.54, 1.807) is 6.07 Å². The van der Waals surface area contributed by atoms with Crippen LogP contribution in [0.3, 0.4) is 0 Å². The fourth-order valence-corrected chi connectivity index (χ4v) is 9.00. The summed E-state index contributed by atoms with van der Waals surface area (Å²) in [4.78, 5) is 53.3. The van der Waals surface area contributed by atoms with Gasteiger partial charge in [0.25, 0.3) is 0 Å². The second kappa shape index (κ2) is 34.3. The van der Waals surface area contributed by atoms with E-state index in [1.165, 1.54) is 146 Å². The predicted octanol–water partition coefficient (Wildman–Crippen LogP) is 16.5. The van der Waals surface area contributed by atoms with Gasteiger partial charge in [-0.25, -0.2) is 4.79 Å². The molecule has 3 unspecified atom stereocenters. The molecule has 0 aliphatic rings. The summed E-state index contributed by atoms with van der Waals surface area (Å²) in [5, 5.41) is 22.2. The van der Waals surface area contributed by atoms with Crippen LogP contribution in [0.15, 0.2) is 36.4 Å². The lowest BCUT2D eigenvalue weighted by atomic mass is 9.72. The number of unbranched alkanes of at least 4 members (excludes halogenated alkanes) is 24. The van der Waals surface area contributed by atoms with Crippen molar-refractivity contribution in [1.82, 2.24) is 0 Å². The first-order valence-electron chi connectivity index (χ1n) is 24.6. The van der Waals surface area contributed by atoms with Crippen molar-refractivity contribution in [3.63, 3.8) is 0 Å². The van der Waals surface area contributed by atoms with Crippen molar-refractivity contribution < 1.29 is 43.6 Å². The van der Waals surface area contributed by atoms with Crippen LogP contribution in [0.5, 0.6) is 11.5 Å². The van der Waals surface area contributed by atoms with Crippen molar-refractivity contribution >= 4 is 58.7 Å². The summed E-state index contributed by atoms with van der Waals surface area (Å²) < 4.78 is 17.9. The molecular formula is C52H79Cl3O9. The third kappa shape index (κ3) is 22.9. The van der Waals surface area contributed by atoms with Gasteiger partial charge < -0.3 is 24.4 Å². The Morgan fingerprint density at radius 2 is 0.969 bits per heavy atom. The maximum Gasteiger partial charge on any atom is 0.349 e. The van der Waals surface area contributed by atoms with Crippen LogP contribution in [0.25, 0.3) is 0 Å². The highest BCUT2D eigenvalue weighted by Gasteiger charge is 2.56. The number of hydrogen-bond acceptors (Lipinski definition) is 7. The summed E-state index contributed by atoms with van der Waals surface area (Å²) in [6, 6.07) is 8.93. The zero-order chi connectivity index (χ0) is 47.0. The minimum atomic E-state index is -2.52. The van der Waals surface area contributed by atoms with Gasteiger partial charge in [0, 0.05) is 40.3 Å². The maximum absolute atomic E-state index is 13.8. The van der Waals surface area contributed by atoms with Crippen LogP contribution >= 0.6 is 34.8 Å². The number of benzene rings is 2. The molecule has 0 aliphatic carbocycles. The molecule has 0 spiro atoms. The number of ether oxygens (including phenoxy) is 3. The van der Waals surface area contributed by atoms with E-state index in [-0.39, 0.29) is 39.9 Å². The zero-order valence-electron chi connectivity index (χ0n) is 39.2. The number of rotatable bonds is 39. The molecule has 0 aromatic heterocycles. The number of carbonyl (C=O) groups excluding carboxylic acids is 2. The molecule has 2 aromatic rings. The highest BCUT2D eigenvalue weighted by Crippen LogP contribution is 2.47. The third-order valence-electron chi connectivity index (χ3n) is 12.2. The Balaban J connectivity index is 2.19. The van der Waals surface area contributed by atoms with Gasteiger partial charge in [0.05, 0.1) is 18.1 Å². The van der Waals surface area contributed by atoms with E-state index in [2.05, 4.69) is 13.8 Å². The molecule has 2 N–H and O–H groups in total. The van der Waals surface area contributed by atoms with E-state index in [4.69, 9.17) is 49.0 Å². The summed E-state index contributed by atoms with van der Waals surface area (Å²) in [6.07, 6.45) is 28.9. The first-order chi connectivity index (χ1) is 30.8. The highest BCUT2D eigenvalue weighted by atomic mass is 35.5. The molecule has 362 valence electrons. The second-order valence-electron chi connectivity index (χ2n) is 17.7. The molecule has 3 atom stereocenters. The van der Waals surface area contributed by atoms with Gasteiger partial charge in [0.15, 0.2) is 0 Å². The molecular weight excluding hydrogens is 875 g/mol. The molecule has 9 nitrogen and oxygen atoms in total. The van der Waals surface area contributed by atoms with Crippen molar-refractivity contribution in [3.8, 4) is 11.5 Å². The zero-order valence-corrected chi connectivity index (χ0v) is 41.5. The fourth-order valence-electron chi connectivity index (χ4n) is 8.37. The first-order valence-corrected chi connectivity index (χ1v) is 25.7. The lowest BCUT2D eigenvalue weighted by molar-refractivity contribution is -0.194. The summed E-state index contributed by atoms with van der Waals surface area (Å²) in [5.74, 6) is -6.79. The van der Waals surface area contributed by atoms with Crippen molar-refractivity contribution in [3.05, 3.63) is 57.0 Å². The molecule has 0 saturated carbocycles. The van der Waals surface area contributed by atoms with Crippen molar-refractivity contribution in [2.45, 2.75) is 218 Å². The Morgan fingerprint density at radius 3 is 1.39 bits per heavy atom. The summed E-state index contributed by atoms with van der Waals surface area (Å²) >= 11 is 19.1. The Hall–Kier alpha value is -3.01. The fraction of sp³-hybridized carbons (Fsp3) is 0.692.